The summed E-state index contributed by atoms with van der Waals surface area (Å²) < 4.78 is 5.21. The highest BCUT2D eigenvalue weighted by Crippen LogP contribution is 2.23. The molecule has 1 rings (SSSR count). The highest BCUT2D eigenvalue weighted by atomic mass is 16.5. The molecule has 0 N–H and O–H groups in total. The number of ketones is 1. The van der Waals surface area contributed by atoms with Gasteiger partial charge in [0.1, 0.15) is 5.75 Å². The lowest BCUT2D eigenvalue weighted by Crippen LogP contribution is -2.26. The summed E-state index contributed by atoms with van der Waals surface area (Å²) in [4.78, 5) is 23.0. The second-order valence-corrected chi connectivity index (χ2v) is 4.69. The van der Waals surface area contributed by atoms with Crippen molar-refractivity contribution in [3.05, 3.63) is 29.8 Å². The molecule has 0 radical (unpaired) electrons. The van der Waals surface area contributed by atoms with Gasteiger partial charge in [0.05, 0.1) is 11.0 Å². The minimum Gasteiger partial charge on any atom is -0.425 e. The van der Waals surface area contributed by atoms with E-state index >= 15 is 0 Å². The molecule has 0 spiro atoms. The highest BCUT2D eigenvalue weighted by molar-refractivity contribution is 5.97. The van der Waals surface area contributed by atoms with Gasteiger partial charge in [0.2, 0.25) is 0 Å². The first-order chi connectivity index (χ1) is 7.32. The topological polar surface area (TPSA) is 43.4 Å². The van der Waals surface area contributed by atoms with Gasteiger partial charge in [-0.15, -0.1) is 0 Å². The molecule has 0 aliphatic rings. The zero-order valence-electron chi connectivity index (χ0n) is 10.0. The lowest BCUT2D eigenvalue weighted by molar-refractivity contribution is -0.143. The number of benzene rings is 1. The third kappa shape index (κ3) is 2.92. The minimum atomic E-state index is -0.579. The molecule has 0 saturated heterocycles. The number of hydrogen-bond acceptors (Lipinski definition) is 3. The van der Waals surface area contributed by atoms with Gasteiger partial charge in [-0.05, 0) is 39.8 Å². The van der Waals surface area contributed by atoms with Gasteiger partial charge in [-0.2, -0.15) is 0 Å². The Morgan fingerprint density at radius 2 is 1.69 bits per heavy atom. The Hall–Kier alpha value is -1.64. The Morgan fingerprint density at radius 3 is 2.19 bits per heavy atom. The minimum absolute atomic E-state index is 0.114. The quantitative estimate of drug-likeness (QED) is 0.437. The number of Topliss-reactive ketones (excluding diaryl/α,β-unsaturated/α-hetero) is 1. The van der Waals surface area contributed by atoms with E-state index in [-0.39, 0.29) is 11.8 Å². The van der Waals surface area contributed by atoms with Gasteiger partial charge < -0.3 is 4.74 Å². The summed E-state index contributed by atoms with van der Waals surface area (Å²) in [6, 6.07) is 6.75. The van der Waals surface area contributed by atoms with Crippen molar-refractivity contribution in [3.8, 4) is 5.75 Å². The Morgan fingerprint density at radius 1 is 1.12 bits per heavy atom. The SMILES string of the molecule is CC(=O)c1ccccc1OC(=O)C(C)(C)C. The van der Waals surface area contributed by atoms with E-state index < -0.39 is 5.41 Å². The summed E-state index contributed by atoms with van der Waals surface area (Å²) in [6.07, 6.45) is 0. The lowest BCUT2D eigenvalue weighted by Gasteiger charge is -2.17. The van der Waals surface area contributed by atoms with Crippen LogP contribution in [-0.4, -0.2) is 11.8 Å². The van der Waals surface area contributed by atoms with Crippen LogP contribution in [0.2, 0.25) is 0 Å². The zero-order valence-corrected chi connectivity index (χ0v) is 10.0. The molecule has 0 bridgehead atoms. The van der Waals surface area contributed by atoms with Crippen LogP contribution in [0.15, 0.2) is 24.3 Å². The Balaban J connectivity index is 2.98. The van der Waals surface area contributed by atoms with Crippen LogP contribution < -0.4 is 4.74 Å². The Kier molecular flexibility index (Phi) is 3.48. The van der Waals surface area contributed by atoms with E-state index in [4.69, 9.17) is 4.74 Å². The van der Waals surface area contributed by atoms with Gasteiger partial charge in [-0.1, -0.05) is 12.1 Å². The van der Waals surface area contributed by atoms with Crippen molar-refractivity contribution >= 4 is 11.8 Å². The van der Waals surface area contributed by atoms with Crippen molar-refractivity contribution in [1.29, 1.82) is 0 Å². The van der Waals surface area contributed by atoms with Crippen LogP contribution in [0.4, 0.5) is 0 Å². The van der Waals surface area contributed by atoms with Crippen molar-refractivity contribution in [2.75, 3.05) is 0 Å². The van der Waals surface area contributed by atoms with E-state index in [0.717, 1.165) is 0 Å². The fourth-order valence-electron chi connectivity index (χ4n) is 1.10. The van der Waals surface area contributed by atoms with Gasteiger partial charge in [0.15, 0.2) is 5.78 Å². The molecular formula is C13H16O3. The van der Waals surface area contributed by atoms with Crippen LogP contribution in [0.25, 0.3) is 0 Å². The summed E-state index contributed by atoms with van der Waals surface area (Å²) >= 11 is 0. The molecule has 0 aromatic heterocycles. The number of carbonyl (C=O) groups excluding carboxylic acids is 2. The number of ether oxygens (including phenoxy) is 1. The predicted octanol–water partition coefficient (Wildman–Crippen LogP) is 2.84. The van der Waals surface area contributed by atoms with E-state index in [1.165, 1.54) is 6.92 Å². The average Bonchev–Trinajstić information content (AvgIpc) is 2.16. The van der Waals surface area contributed by atoms with Crippen LogP contribution in [0.3, 0.4) is 0 Å². The van der Waals surface area contributed by atoms with Crippen LogP contribution >= 0.6 is 0 Å². The van der Waals surface area contributed by atoms with Crippen LogP contribution in [0.1, 0.15) is 38.1 Å². The zero-order chi connectivity index (χ0) is 12.3. The summed E-state index contributed by atoms with van der Waals surface area (Å²) in [5.41, 5.74) is -0.149. The molecule has 1 aromatic rings. The van der Waals surface area contributed by atoms with Crippen molar-refractivity contribution in [1.82, 2.24) is 0 Å². The van der Waals surface area contributed by atoms with Crippen LogP contribution in [-0.2, 0) is 4.79 Å². The Bertz CT molecular complexity index is 413. The van der Waals surface area contributed by atoms with E-state index in [2.05, 4.69) is 0 Å². The molecule has 3 heteroatoms. The average molecular weight is 220 g/mol. The largest absolute Gasteiger partial charge is 0.425 e. The fourth-order valence-corrected chi connectivity index (χ4v) is 1.10. The number of rotatable bonds is 2. The van der Waals surface area contributed by atoms with Gasteiger partial charge >= 0.3 is 5.97 Å². The standard InChI is InChI=1S/C13H16O3/c1-9(14)10-7-5-6-8-11(10)16-12(15)13(2,3)4/h5-8H,1-4H3. The molecule has 0 aliphatic heterocycles. The first-order valence-electron chi connectivity index (χ1n) is 5.14. The fraction of sp³-hybridized carbons (Fsp3) is 0.385. The summed E-state index contributed by atoms with van der Waals surface area (Å²) in [6.45, 7) is 6.76. The number of carbonyl (C=O) groups is 2. The molecule has 0 fully saturated rings. The highest BCUT2D eigenvalue weighted by Gasteiger charge is 2.24. The van der Waals surface area contributed by atoms with Crippen molar-refractivity contribution in [2.24, 2.45) is 5.41 Å². The first kappa shape index (κ1) is 12.4. The van der Waals surface area contributed by atoms with Gasteiger partial charge in [-0.25, -0.2) is 0 Å². The molecule has 0 unspecified atom stereocenters. The molecule has 3 nitrogen and oxygen atoms in total. The molecular weight excluding hydrogens is 204 g/mol. The smallest absolute Gasteiger partial charge is 0.316 e. The summed E-state index contributed by atoms with van der Waals surface area (Å²) in [5.74, 6) is -0.131. The van der Waals surface area contributed by atoms with Gasteiger partial charge in [0, 0.05) is 0 Å². The van der Waals surface area contributed by atoms with Crippen molar-refractivity contribution < 1.29 is 14.3 Å². The molecule has 0 saturated carbocycles. The summed E-state index contributed by atoms with van der Waals surface area (Å²) in [5, 5.41) is 0. The van der Waals surface area contributed by atoms with E-state index in [1.807, 2.05) is 0 Å². The van der Waals surface area contributed by atoms with Gasteiger partial charge in [-0.3, -0.25) is 9.59 Å². The lowest BCUT2D eigenvalue weighted by atomic mass is 9.97. The third-order valence-electron chi connectivity index (χ3n) is 2.08. The first-order valence-corrected chi connectivity index (χ1v) is 5.14. The van der Waals surface area contributed by atoms with E-state index in [0.29, 0.717) is 11.3 Å². The predicted molar refractivity (Wildman–Crippen MR) is 61.5 cm³/mol. The van der Waals surface area contributed by atoms with Crippen LogP contribution in [0, 0.1) is 5.41 Å². The van der Waals surface area contributed by atoms with E-state index in [9.17, 15) is 9.59 Å². The molecule has 0 heterocycles. The Labute approximate surface area is 95.4 Å². The maximum Gasteiger partial charge on any atom is 0.316 e. The molecule has 1 aromatic carbocycles. The summed E-state index contributed by atoms with van der Waals surface area (Å²) in [7, 11) is 0. The van der Waals surface area contributed by atoms with E-state index in [1.54, 1.807) is 45.0 Å². The van der Waals surface area contributed by atoms with Crippen LogP contribution in [0.5, 0.6) is 5.75 Å². The molecule has 16 heavy (non-hydrogen) atoms. The normalized spacial score (nSPS) is 11.0. The maximum atomic E-state index is 11.7. The van der Waals surface area contributed by atoms with Crippen molar-refractivity contribution in [3.63, 3.8) is 0 Å². The monoisotopic (exact) mass is 220 g/mol. The second-order valence-electron chi connectivity index (χ2n) is 4.69. The molecule has 0 atom stereocenters. The second kappa shape index (κ2) is 4.47. The number of para-hydroxylation sites is 1. The maximum absolute atomic E-state index is 11.7. The molecule has 86 valence electrons. The number of hydrogen-bond donors (Lipinski definition) is 0. The third-order valence-corrected chi connectivity index (χ3v) is 2.08. The van der Waals surface area contributed by atoms with Gasteiger partial charge in [0.25, 0.3) is 0 Å². The molecule has 0 amide bonds. The number of esters is 1. The van der Waals surface area contributed by atoms with Crippen molar-refractivity contribution in [2.45, 2.75) is 27.7 Å². The molecule has 0 aliphatic carbocycles.